The molecule has 0 bridgehead atoms. The van der Waals surface area contributed by atoms with Gasteiger partial charge in [0.1, 0.15) is 29.6 Å². The number of hydrogen-bond acceptors (Lipinski definition) is 24. The standard InChI is InChI=1S/C64H98N14O13/c1-43(2)34-45(4)52(37-54(81)46(5)35-44(3)8-15-51(89-42-79)16-11-47-9-13-50(80)14-10-47)76-90-40-56(82)68-21-27-86-29-31-88-33-32-87-30-28-85-26-18-57(83)77-22-24-78(25-23-77)64-71-38-49(39-72-64)62(84)70-20-7-6-19-69-61-58(60(66)73-41-74-61)59(65)48-12-17-55-53(36-48)75-63(67)91-55/h12,17,35-36,38-39,41-45,47,50-51,54,65,80-81H,6-11,13-16,18-34,37,40H2,1-5H3,(H2,67,75)(H,68,82)(H,70,84)(H3,66,69,73,74)/b46-35+,65-59?,76-52-/t44-,45+,47?,50?,51-,54-/m0/s1. The van der Waals surface area contributed by atoms with Gasteiger partial charge in [0.15, 0.2) is 12.2 Å². The SMILES string of the molecule is C/C(=C\[C@@H](C)CC[C@@H](CCC1CCC(O)CC1)OC=O)[C@@H](O)C/C(=N/OCC(=O)NCCOCCOCCOCCOCCC(=O)N1CCN(c2ncc(C(=O)NCCCCNc3ncnc(N)c3C(=N)c3ccc4oc(N)nc4c3)cn2)CC1)[C@H](C)CC(C)C. The highest BCUT2D eigenvalue weighted by atomic mass is 16.6. The first-order chi connectivity index (χ1) is 44.0. The van der Waals surface area contributed by atoms with Crippen LogP contribution in [0.25, 0.3) is 11.1 Å². The molecule has 3 amide bonds. The second-order valence-corrected chi connectivity index (χ2v) is 23.8. The Labute approximate surface area is 534 Å². The zero-order chi connectivity index (χ0) is 65.3. The number of hydrogen-bond donors (Lipinski definition) is 8. The highest BCUT2D eigenvalue weighted by molar-refractivity contribution is 6.17. The van der Waals surface area contributed by atoms with Crippen LogP contribution in [0.5, 0.6) is 0 Å². The fraction of sp³-hybridized carbons (Fsp3) is 0.641. The number of aliphatic hydroxyl groups excluding tert-OH is 2. The summed E-state index contributed by atoms with van der Waals surface area (Å²) in [4.78, 5) is 80.3. The minimum Gasteiger partial charge on any atom is -0.465 e. The number of benzene rings is 1. The molecule has 6 rings (SSSR count). The number of carbonyl (C=O) groups is 4. The largest absolute Gasteiger partial charge is 0.465 e. The number of ether oxygens (including phenoxy) is 5. The number of nitrogens with two attached hydrogens (primary N) is 2. The quantitative estimate of drug-likeness (QED) is 0.00844. The number of oxazole rings is 1. The number of fused-ring (bicyclic) bond motifs is 1. The number of oxime groups is 1. The van der Waals surface area contributed by atoms with Gasteiger partial charge in [0.2, 0.25) is 11.9 Å². The predicted molar refractivity (Wildman–Crippen MR) is 346 cm³/mol. The average molecular weight is 1270 g/mol. The van der Waals surface area contributed by atoms with Gasteiger partial charge in [-0.15, -0.1) is 0 Å². The van der Waals surface area contributed by atoms with Crippen molar-refractivity contribution in [2.45, 2.75) is 136 Å². The van der Waals surface area contributed by atoms with E-state index in [4.69, 9.17) is 49.8 Å². The third-order valence-corrected chi connectivity index (χ3v) is 16.1. The fourth-order valence-corrected chi connectivity index (χ4v) is 10.9. The van der Waals surface area contributed by atoms with Crippen molar-refractivity contribution in [2.75, 3.05) is 127 Å². The Balaban J connectivity index is 0.731. The summed E-state index contributed by atoms with van der Waals surface area (Å²) in [5.41, 5.74) is 15.8. The molecule has 1 saturated carbocycles. The first-order valence-corrected chi connectivity index (χ1v) is 32.1. The first-order valence-electron chi connectivity index (χ1n) is 32.1. The summed E-state index contributed by atoms with van der Waals surface area (Å²) < 4.78 is 33.2. The smallest absolute Gasteiger partial charge is 0.293 e. The van der Waals surface area contributed by atoms with E-state index in [0.29, 0.717) is 155 Å². The molecular formula is C64H98N14O13. The Morgan fingerprint density at radius 2 is 1.52 bits per heavy atom. The molecule has 1 aromatic carbocycles. The van der Waals surface area contributed by atoms with Gasteiger partial charge in [0.05, 0.1) is 94.0 Å². The monoisotopic (exact) mass is 1270 g/mol. The maximum Gasteiger partial charge on any atom is 0.293 e. The van der Waals surface area contributed by atoms with Gasteiger partial charge < -0.3 is 80.4 Å². The van der Waals surface area contributed by atoms with Crippen LogP contribution in [0.2, 0.25) is 0 Å². The summed E-state index contributed by atoms with van der Waals surface area (Å²) >= 11 is 0. The number of nitrogens with zero attached hydrogens (tertiary/aromatic N) is 8. The number of aromatic nitrogens is 5. The molecule has 1 aliphatic carbocycles. The number of piperazine rings is 1. The minimum absolute atomic E-state index is 0.000273. The minimum atomic E-state index is -0.774. The molecule has 1 saturated heterocycles. The number of amides is 3. The number of aliphatic hydroxyl groups is 2. The van der Waals surface area contributed by atoms with Gasteiger partial charge in [-0.05, 0) is 125 Å². The van der Waals surface area contributed by atoms with Gasteiger partial charge in [0.25, 0.3) is 24.3 Å². The van der Waals surface area contributed by atoms with Gasteiger partial charge in [0, 0.05) is 70.2 Å². The lowest BCUT2D eigenvalue weighted by Crippen LogP contribution is -2.49. The number of unbranched alkanes of at least 4 members (excludes halogenated alkanes) is 1. The molecule has 3 aromatic heterocycles. The normalized spacial score (nSPS) is 16.9. The number of nitrogens with one attached hydrogen (secondary N) is 4. The van der Waals surface area contributed by atoms with Crippen LogP contribution >= 0.6 is 0 Å². The fourth-order valence-electron chi connectivity index (χ4n) is 10.9. The Morgan fingerprint density at radius 3 is 2.21 bits per heavy atom. The van der Waals surface area contributed by atoms with Crippen LogP contribution in [0.15, 0.2) is 58.1 Å². The Bertz CT molecular complexity index is 2910. The van der Waals surface area contributed by atoms with Gasteiger partial charge >= 0.3 is 0 Å². The molecule has 4 atom stereocenters. The summed E-state index contributed by atoms with van der Waals surface area (Å²) in [6.07, 6.45) is 15.1. The summed E-state index contributed by atoms with van der Waals surface area (Å²) in [5, 5.41) is 43.2. The van der Waals surface area contributed by atoms with Crippen LogP contribution in [0.4, 0.5) is 23.6 Å². The Kier molecular flexibility index (Phi) is 31.7. The van der Waals surface area contributed by atoms with Crippen molar-refractivity contribution in [1.82, 2.24) is 40.5 Å². The van der Waals surface area contributed by atoms with Crippen LogP contribution in [0.1, 0.15) is 140 Å². The van der Waals surface area contributed by atoms with Gasteiger partial charge in [-0.3, -0.25) is 24.6 Å². The van der Waals surface area contributed by atoms with E-state index in [9.17, 15) is 29.4 Å². The number of rotatable bonds is 43. The zero-order valence-corrected chi connectivity index (χ0v) is 53.8. The second-order valence-electron chi connectivity index (χ2n) is 23.8. The highest BCUT2D eigenvalue weighted by Gasteiger charge is 2.26. The molecule has 2 fully saturated rings. The van der Waals surface area contributed by atoms with Crippen LogP contribution in [0, 0.1) is 29.1 Å². The van der Waals surface area contributed by atoms with Crippen LogP contribution < -0.4 is 32.3 Å². The van der Waals surface area contributed by atoms with Gasteiger partial charge in [-0.2, -0.15) is 4.98 Å². The summed E-state index contributed by atoms with van der Waals surface area (Å²) in [7, 11) is 0. The Morgan fingerprint density at radius 1 is 0.835 bits per heavy atom. The van der Waals surface area contributed by atoms with Gasteiger partial charge in [-0.25, -0.2) is 19.9 Å². The summed E-state index contributed by atoms with van der Waals surface area (Å²) in [6.45, 7) is 16.6. The molecule has 27 heteroatoms. The molecule has 91 heavy (non-hydrogen) atoms. The number of carbonyl (C=O) groups excluding carboxylic acids is 4. The molecule has 0 radical (unpaired) electrons. The van der Waals surface area contributed by atoms with Crippen molar-refractivity contribution in [3.8, 4) is 0 Å². The van der Waals surface area contributed by atoms with E-state index >= 15 is 0 Å². The molecule has 0 unspecified atom stereocenters. The summed E-state index contributed by atoms with van der Waals surface area (Å²) in [5.74, 6) is 1.58. The van der Waals surface area contributed by atoms with Crippen molar-refractivity contribution in [3.63, 3.8) is 0 Å². The molecule has 10 N–H and O–H groups in total. The van der Waals surface area contributed by atoms with E-state index in [1.165, 1.54) is 18.7 Å². The van der Waals surface area contributed by atoms with E-state index < -0.39 is 6.10 Å². The molecule has 4 heterocycles. The second kappa shape index (κ2) is 39.7. The lowest BCUT2D eigenvalue weighted by atomic mass is 9.83. The lowest BCUT2D eigenvalue weighted by molar-refractivity contribution is -0.134. The maximum absolute atomic E-state index is 12.9. The van der Waals surface area contributed by atoms with Crippen molar-refractivity contribution >= 4 is 70.3 Å². The first kappa shape index (κ1) is 72.6. The van der Waals surface area contributed by atoms with Crippen molar-refractivity contribution in [2.24, 2.45) is 28.8 Å². The number of allylic oxidation sites excluding steroid dienone is 1. The number of anilines is 4. The van der Waals surface area contributed by atoms with Crippen LogP contribution in [-0.2, 0) is 42.9 Å². The number of nitrogen functional groups attached to an aromatic ring is 2. The van der Waals surface area contributed by atoms with E-state index in [2.05, 4.69) is 79.8 Å². The topological polar surface area (TPSA) is 373 Å². The lowest BCUT2D eigenvalue weighted by Gasteiger charge is -2.34. The van der Waals surface area contributed by atoms with E-state index in [0.717, 1.165) is 63.4 Å². The van der Waals surface area contributed by atoms with Crippen molar-refractivity contribution in [3.05, 3.63) is 65.3 Å². The summed E-state index contributed by atoms with van der Waals surface area (Å²) in [6, 6.07) is 5.14. The van der Waals surface area contributed by atoms with Crippen molar-refractivity contribution in [1.29, 1.82) is 5.41 Å². The molecule has 502 valence electrons. The van der Waals surface area contributed by atoms with Gasteiger partial charge in [-0.1, -0.05) is 38.9 Å². The third-order valence-electron chi connectivity index (χ3n) is 16.1. The predicted octanol–water partition coefficient (Wildman–Crippen LogP) is 5.87. The van der Waals surface area contributed by atoms with Crippen LogP contribution in [-0.4, -0.2) is 199 Å². The van der Waals surface area contributed by atoms with E-state index in [-0.39, 0.29) is 98.5 Å². The van der Waals surface area contributed by atoms with E-state index in [1.807, 2.05) is 11.8 Å². The molecule has 2 aliphatic rings. The third kappa shape index (κ3) is 26.0. The molecule has 27 nitrogen and oxygen atoms in total. The van der Waals surface area contributed by atoms with Crippen molar-refractivity contribution < 1.29 is 62.3 Å². The van der Waals surface area contributed by atoms with E-state index in [1.54, 1.807) is 23.1 Å². The maximum atomic E-state index is 12.9. The van der Waals surface area contributed by atoms with Crippen LogP contribution in [0.3, 0.4) is 0 Å². The Hall–Kier alpha value is -7.43. The molecule has 1 aliphatic heterocycles. The highest BCUT2D eigenvalue weighted by Crippen LogP contribution is 2.30. The molecule has 0 spiro atoms. The average Bonchev–Trinajstić information content (AvgIpc) is 1.93. The zero-order valence-electron chi connectivity index (χ0n) is 53.8. The molecule has 4 aromatic rings. The molecular weight excluding hydrogens is 1170 g/mol.